The van der Waals surface area contributed by atoms with Gasteiger partial charge in [0, 0.05) is 6.42 Å². The first-order valence-corrected chi connectivity index (χ1v) is 7.84. The molecule has 20 heavy (non-hydrogen) atoms. The Kier molecular flexibility index (Phi) is 5.62. The molecule has 1 amide bonds. The Hall–Kier alpha value is -1.81. The maximum atomic E-state index is 11.8. The lowest BCUT2D eigenvalue weighted by atomic mass is 10.1. The van der Waals surface area contributed by atoms with Crippen molar-refractivity contribution in [3.05, 3.63) is 54.2 Å². The molecule has 0 spiro atoms. The lowest BCUT2D eigenvalue weighted by molar-refractivity contribution is -0.116. The van der Waals surface area contributed by atoms with Gasteiger partial charge in [0.1, 0.15) is 0 Å². The lowest BCUT2D eigenvalue weighted by Gasteiger charge is -2.05. The minimum absolute atomic E-state index is 0.0413. The number of aromatic nitrogens is 1. The van der Waals surface area contributed by atoms with Gasteiger partial charge in [-0.05, 0) is 36.8 Å². The monoisotopic (exact) mass is 286 g/mol. The predicted octanol–water partition coefficient (Wildman–Crippen LogP) is 3.76. The molecule has 1 heterocycles. The third-order valence-corrected chi connectivity index (χ3v) is 3.60. The van der Waals surface area contributed by atoms with Crippen LogP contribution in [-0.2, 0) is 11.2 Å². The fraction of sp³-hybridized carbons (Fsp3) is 0.250. The molecule has 0 atom stereocenters. The predicted molar refractivity (Wildman–Crippen MR) is 84.0 cm³/mol. The summed E-state index contributed by atoms with van der Waals surface area (Å²) in [7, 11) is 0. The van der Waals surface area contributed by atoms with Crippen molar-refractivity contribution in [2.75, 3.05) is 11.6 Å². The summed E-state index contributed by atoms with van der Waals surface area (Å²) in [5.41, 5.74) is 2.03. The van der Waals surface area contributed by atoms with Crippen molar-refractivity contribution < 1.29 is 4.79 Å². The zero-order valence-electron chi connectivity index (χ0n) is 11.5. The smallest absolute Gasteiger partial charge is 0.224 e. The van der Waals surface area contributed by atoms with Crippen molar-refractivity contribution in [2.24, 2.45) is 0 Å². The van der Waals surface area contributed by atoms with E-state index in [-0.39, 0.29) is 5.91 Å². The number of pyridine rings is 1. The van der Waals surface area contributed by atoms with Crippen LogP contribution in [0.5, 0.6) is 0 Å². The van der Waals surface area contributed by atoms with Crippen LogP contribution < -0.4 is 5.32 Å². The maximum absolute atomic E-state index is 11.8. The summed E-state index contributed by atoms with van der Waals surface area (Å²) in [6, 6.07) is 14.0. The summed E-state index contributed by atoms with van der Waals surface area (Å²) in [5.74, 6) is 0.0413. The zero-order valence-corrected chi connectivity index (χ0v) is 12.3. The molecule has 104 valence electrons. The van der Waals surface area contributed by atoms with Crippen LogP contribution in [0.25, 0.3) is 0 Å². The number of aryl methyl sites for hydroxylation is 1. The number of anilines is 1. The van der Waals surface area contributed by atoms with Gasteiger partial charge in [-0.1, -0.05) is 30.3 Å². The minimum atomic E-state index is 0.0413. The first-order chi connectivity index (χ1) is 9.78. The molecule has 2 rings (SSSR count). The van der Waals surface area contributed by atoms with Crippen LogP contribution in [0, 0.1) is 0 Å². The van der Waals surface area contributed by atoms with Crippen LogP contribution in [-0.4, -0.2) is 17.1 Å². The molecular formula is C16H18N2OS. The molecule has 1 aromatic carbocycles. The number of hydrogen-bond acceptors (Lipinski definition) is 3. The zero-order chi connectivity index (χ0) is 14.2. The SMILES string of the molecule is CSc1ccc(NC(=O)CCCc2ccccc2)cn1. The standard InChI is InChI=1S/C16H18N2OS/c1-20-16-11-10-14(12-17-16)18-15(19)9-5-8-13-6-3-2-4-7-13/h2-4,6-7,10-12H,5,8-9H2,1H3,(H,18,19). The first kappa shape index (κ1) is 14.6. The number of thioether (sulfide) groups is 1. The van der Waals surface area contributed by atoms with E-state index in [9.17, 15) is 4.79 Å². The van der Waals surface area contributed by atoms with E-state index in [4.69, 9.17) is 0 Å². The minimum Gasteiger partial charge on any atom is -0.325 e. The van der Waals surface area contributed by atoms with Crippen LogP contribution in [0.2, 0.25) is 0 Å². The van der Waals surface area contributed by atoms with Crippen LogP contribution in [0.4, 0.5) is 5.69 Å². The van der Waals surface area contributed by atoms with E-state index in [2.05, 4.69) is 22.4 Å². The third-order valence-electron chi connectivity index (χ3n) is 2.94. The second-order valence-corrected chi connectivity index (χ2v) is 5.30. The van der Waals surface area contributed by atoms with E-state index < -0.39 is 0 Å². The second-order valence-electron chi connectivity index (χ2n) is 4.48. The number of nitrogens with one attached hydrogen (secondary N) is 1. The van der Waals surface area contributed by atoms with Crippen molar-refractivity contribution in [1.29, 1.82) is 0 Å². The number of hydrogen-bond donors (Lipinski definition) is 1. The molecular weight excluding hydrogens is 268 g/mol. The van der Waals surface area contributed by atoms with E-state index in [0.717, 1.165) is 23.6 Å². The van der Waals surface area contributed by atoms with Gasteiger partial charge in [-0.3, -0.25) is 4.79 Å². The molecule has 4 heteroatoms. The van der Waals surface area contributed by atoms with Gasteiger partial charge in [0.05, 0.1) is 16.9 Å². The molecule has 1 N–H and O–H groups in total. The number of carbonyl (C=O) groups is 1. The Morgan fingerprint density at radius 2 is 2.00 bits per heavy atom. The highest BCUT2D eigenvalue weighted by atomic mass is 32.2. The van der Waals surface area contributed by atoms with Gasteiger partial charge < -0.3 is 5.32 Å². The van der Waals surface area contributed by atoms with Crippen molar-refractivity contribution >= 4 is 23.4 Å². The largest absolute Gasteiger partial charge is 0.325 e. The summed E-state index contributed by atoms with van der Waals surface area (Å²) < 4.78 is 0. The molecule has 0 bridgehead atoms. The third kappa shape index (κ3) is 4.70. The highest BCUT2D eigenvalue weighted by Crippen LogP contribution is 2.14. The normalized spacial score (nSPS) is 10.2. The Morgan fingerprint density at radius 1 is 1.20 bits per heavy atom. The van der Waals surface area contributed by atoms with Crippen LogP contribution in [0.15, 0.2) is 53.7 Å². The molecule has 2 aromatic rings. The van der Waals surface area contributed by atoms with Crippen LogP contribution >= 0.6 is 11.8 Å². The van der Waals surface area contributed by atoms with Gasteiger partial charge in [0.2, 0.25) is 5.91 Å². The van der Waals surface area contributed by atoms with Crippen molar-refractivity contribution in [1.82, 2.24) is 4.98 Å². The molecule has 0 aliphatic carbocycles. The number of nitrogens with zero attached hydrogens (tertiary/aromatic N) is 1. The Labute approximate surface area is 123 Å². The van der Waals surface area contributed by atoms with Crippen molar-refractivity contribution in [3.63, 3.8) is 0 Å². The average molecular weight is 286 g/mol. The fourth-order valence-electron chi connectivity index (χ4n) is 1.90. The molecule has 0 unspecified atom stereocenters. The van der Waals surface area contributed by atoms with E-state index in [1.807, 2.05) is 36.6 Å². The van der Waals surface area contributed by atoms with Crippen LogP contribution in [0.1, 0.15) is 18.4 Å². The summed E-state index contributed by atoms with van der Waals surface area (Å²) in [4.78, 5) is 16.0. The Balaban J connectivity index is 1.74. The number of carbonyl (C=O) groups excluding carboxylic acids is 1. The van der Waals surface area contributed by atoms with Crippen molar-refractivity contribution in [3.8, 4) is 0 Å². The molecule has 0 saturated carbocycles. The average Bonchev–Trinajstić information content (AvgIpc) is 2.49. The van der Waals surface area contributed by atoms with E-state index in [0.29, 0.717) is 6.42 Å². The van der Waals surface area contributed by atoms with Gasteiger partial charge >= 0.3 is 0 Å². The van der Waals surface area contributed by atoms with E-state index >= 15 is 0 Å². The van der Waals surface area contributed by atoms with Gasteiger partial charge in [-0.2, -0.15) is 0 Å². The summed E-state index contributed by atoms with van der Waals surface area (Å²) in [6.07, 6.45) is 5.98. The highest BCUT2D eigenvalue weighted by molar-refractivity contribution is 7.98. The molecule has 0 aliphatic heterocycles. The van der Waals surface area contributed by atoms with Crippen LogP contribution in [0.3, 0.4) is 0 Å². The highest BCUT2D eigenvalue weighted by Gasteiger charge is 2.03. The van der Waals surface area contributed by atoms with Gasteiger partial charge in [-0.15, -0.1) is 11.8 Å². The van der Waals surface area contributed by atoms with Gasteiger partial charge in [0.25, 0.3) is 0 Å². The van der Waals surface area contributed by atoms with Crippen molar-refractivity contribution in [2.45, 2.75) is 24.3 Å². The molecule has 1 aromatic heterocycles. The van der Waals surface area contributed by atoms with E-state index in [1.165, 1.54) is 5.56 Å². The summed E-state index contributed by atoms with van der Waals surface area (Å²) in [6.45, 7) is 0. The molecule has 3 nitrogen and oxygen atoms in total. The topological polar surface area (TPSA) is 42.0 Å². The first-order valence-electron chi connectivity index (χ1n) is 6.62. The van der Waals surface area contributed by atoms with E-state index in [1.54, 1.807) is 18.0 Å². The Morgan fingerprint density at radius 3 is 2.65 bits per heavy atom. The number of amides is 1. The lowest BCUT2D eigenvalue weighted by Crippen LogP contribution is -2.11. The molecule has 0 saturated heterocycles. The van der Waals surface area contributed by atoms with Gasteiger partial charge in [-0.25, -0.2) is 4.98 Å². The molecule has 0 fully saturated rings. The summed E-state index contributed by atoms with van der Waals surface area (Å²) in [5, 5.41) is 3.82. The summed E-state index contributed by atoms with van der Waals surface area (Å²) >= 11 is 1.58. The molecule has 0 aliphatic rings. The maximum Gasteiger partial charge on any atom is 0.224 e. The second kappa shape index (κ2) is 7.70. The quantitative estimate of drug-likeness (QED) is 0.822. The number of benzene rings is 1. The Bertz CT molecular complexity index is 540. The fourth-order valence-corrected chi connectivity index (χ4v) is 2.26. The van der Waals surface area contributed by atoms with Gasteiger partial charge in [0.15, 0.2) is 0 Å². The molecule has 0 radical (unpaired) electrons. The number of rotatable bonds is 6.